The Hall–Kier alpha value is -1.02. The molecule has 1 rings (SSSR count). The topological polar surface area (TPSA) is 32.3 Å². The Morgan fingerprint density at radius 1 is 1.12 bits per heavy atom. The van der Waals surface area contributed by atoms with Crippen LogP contribution in [0, 0.1) is 13.8 Å². The van der Waals surface area contributed by atoms with Gasteiger partial charge in [0.1, 0.15) is 0 Å². The fraction of sp³-hybridized carbons (Fsp3) is 0.571. The fourth-order valence-corrected chi connectivity index (χ4v) is 1.62. The van der Waals surface area contributed by atoms with Crippen molar-refractivity contribution in [3.05, 3.63) is 29.3 Å². The highest BCUT2D eigenvalue weighted by Gasteiger charge is 2.21. The third-order valence-corrected chi connectivity index (χ3v) is 3.44. The van der Waals surface area contributed by atoms with Crippen LogP contribution in [0.1, 0.15) is 37.8 Å². The highest BCUT2D eigenvalue weighted by atomic mass is 16.3. The SMILES string of the molecule is CCC(O)(CC)CNc1ccc(C)c(C)c1. The predicted octanol–water partition coefficient (Wildman–Crippen LogP) is 3.27. The maximum absolute atomic E-state index is 10.2. The van der Waals surface area contributed by atoms with Gasteiger partial charge in [-0.2, -0.15) is 0 Å². The van der Waals surface area contributed by atoms with Crippen molar-refractivity contribution in [2.45, 2.75) is 46.1 Å². The molecule has 16 heavy (non-hydrogen) atoms. The Bertz CT molecular complexity index is 343. The van der Waals surface area contributed by atoms with Crippen LogP contribution >= 0.6 is 0 Å². The van der Waals surface area contributed by atoms with Crippen LogP contribution in [-0.2, 0) is 0 Å². The molecule has 90 valence electrons. The van der Waals surface area contributed by atoms with Gasteiger partial charge in [0.25, 0.3) is 0 Å². The van der Waals surface area contributed by atoms with Crippen LogP contribution in [0.2, 0.25) is 0 Å². The summed E-state index contributed by atoms with van der Waals surface area (Å²) >= 11 is 0. The summed E-state index contributed by atoms with van der Waals surface area (Å²) in [7, 11) is 0. The number of hydrogen-bond donors (Lipinski definition) is 2. The molecule has 0 saturated carbocycles. The third kappa shape index (κ3) is 3.24. The Morgan fingerprint density at radius 3 is 2.25 bits per heavy atom. The van der Waals surface area contributed by atoms with Gasteiger partial charge in [-0.3, -0.25) is 0 Å². The van der Waals surface area contributed by atoms with E-state index < -0.39 is 5.60 Å². The van der Waals surface area contributed by atoms with Crippen LogP contribution in [0.15, 0.2) is 18.2 Å². The molecule has 0 radical (unpaired) electrons. The van der Waals surface area contributed by atoms with E-state index in [4.69, 9.17) is 0 Å². The quantitative estimate of drug-likeness (QED) is 0.800. The molecule has 0 aromatic heterocycles. The van der Waals surface area contributed by atoms with Gasteiger partial charge in [-0.15, -0.1) is 0 Å². The minimum absolute atomic E-state index is 0.585. The van der Waals surface area contributed by atoms with Crippen molar-refractivity contribution in [1.29, 1.82) is 0 Å². The molecular weight excluding hydrogens is 198 g/mol. The normalized spacial score (nSPS) is 11.6. The van der Waals surface area contributed by atoms with Crippen molar-refractivity contribution in [3.8, 4) is 0 Å². The van der Waals surface area contributed by atoms with Gasteiger partial charge in [0.2, 0.25) is 0 Å². The lowest BCUT2D eigenvalue weighted by Crippen LogP contribution is -2.35. The molecule has 0 unspecified atom stereocenters. The molecule has 2 N–H and O–H groups in total. The first-order valence-electron chi connectivity index (χ1n) is 6.04. The molecule has 0 amide bonds. The van der Waals surface area contributed by atoms with Crippen molar-refractivity contribution in [2.75, 3.05) is 11.9 Å². The first-order chi connectivity index (χ1) is 7.50. The zero-order valence-corrected chi connectivity index (χ0v) is 10.8. The number of anilines is 1. The molecule has 0 aliphatic rings. The number of aryl methyl sites for hydroxylation is 2. The summed E-state index contributed by atoms with van der Waals surface area (Å²) in [4.78, 5) is 0. The summed E-state index contributed by atoms with van der Waals surface area (Å²) in [6.07, 6.45) is 1.56. The summed E-state index contributed by atoms with van der Waals surface area (Å²) in [6, 6.07) is 6.30. The van der Waals surface area contributed by atoms with E-state index in [-0.39, 0.29) is 0 Å². The van der Waals surface area contributed by atoms with E-state index in [9.17, 15) is 5.11 Å². The monoisotopic (exact) mass is 221 g/mol. The van der Waals surface area contributed by atoms with Crippen molar-refractivity contribution in [1.82, 2.24) is 0 Å². The molecule has 0 bridgehead atoms. The van der Waals surface area contributed by atoms with Crippen molar-refractivity contribution >= 4 is 5.69 Å². The van der Waals surface area contributed by atoms with E-state index in [1.165, 1.54) is 11.1 Å². The van der Waals surface area contributed by atoms with Gasteiger partial charge in [-0.25, -0.2) is 0 Å². The summed E-state index contributed by atoms with van der Waals surface area (Å²) in [5, 5.41) is 13.5. The highest BCUT2D eigenvalue weighted by molar-refractivity contribution is 5.48. The number of hydrogen-bond acceptors (Lipinski definition) is 2. The molecule has 1 aromatic rings. The Morgan fingerprint density at radius 2 is 1.75 bits per heavy atom. The maximum atomic E-state index is 10.2. The Labute approximate surface area is 98.7 Å². The number of aliphatic hydroxyl groups is 1. The lowest BCUT2D eigenvalue weighted by Gasteiger charge is -2.26. The van der Waals surface area contributed by atoms with E-state index in [0.29, 0.717) is 6.54 Å². The first-order valence-corrected chi connectivity index (χ1v) is 6.04. The van der Waals surface area contributed by atoms with Crippen molar-refractivity contribution in [2.24, 2.45) is 0 Å². The zero-order chi connectivity index (χ0) is 12.2. The standard InChI is InChI=1S/C14H23NO/c1-5-14(16,6-2)10-15-13-8-7-11(3)12(4)9-13/h7-9,15-16H,5-6,10H2,1-4H3. The highest BCUT2D eigenvalue weighted by Crippen LogP contribution is 2.18. The van der Waals surface area contributed by atoms with Gasteiger partial charge >= 0.3 is 0 Å². The average Bonchev–Trinajstić information content (AvgIpc) is 2.30. The minimum atomic E-state index is -0.585. The van der Waals surface area contributed by atoms with Crippen LogP contribution in [0.25, 0.3) is 0 Å². The van der Waals surface area contributed by atoms with Gasteiger partial charge in [-0.05, 0) is 49.9 Å². The first kappa shape index (κ1) is 13.0. The molecule has 1 aromatic carbocycles. The number of rotatable bonds is 5. The molecule has 0 saturated heterocycles. The predicted molar refractivity (Wildman–Crippen MR) is 69.9 cm³/mol. The van der Waals surface area contributed by atoms with Crippen molar-refractivity contribution < 1.29 is 5.11 Å². The van der Waals surface area contributed by atoms with Crippen LogP contribution in [0.3, 0.4) is 0 Å². The molecule has 2 heteroatoms. The number of benzene rings is 1. The largest absolute Gasteiger partial charge is 0.388 e. The zero-order valence-electron chi connectivity index (χ0n) is 10.8. The van der Waals surface area contributed by atoms with Crippen molar-refractivity contribution in [3.63, 3.8) is 0 Å². The van der Waals surface area contributed by atoms with Gasteiger partial charge in [0.15, 0.2) is 0 Å². The molecule has 0 atom stereocenters. The second-order valence-corrected chi connectivity index (χ2v) is 4.58. The van der Waals surface area contributed by atoms with Crippen LogP contribution in [0.5, 0.6) is 0 Å². The molecule has 0 heterocycles. The van der Waals surface area contributed by atoms with E-state index in [1.807, 2.05) is 13.8 Å². The smallest absolute Gasteiger partial charge is 0.0814 e. The second-order valence-electron chi connectivity index (χ2n) is 4.58. The Balaban J connectivity index is 2.64. The molecule has 2 nitrogen and oxygen atoms in total. The molecule has 0 fully saturated rings. The lowest BCUT2D eigenvalue weighted by atomic mass is 9.97. The summed E-state index contributed by atoms with van der Waals surface area (Å²) in [6.45, 7) is 8.86. The van der Waals surface area contributed by atoms with Gasteiger partial charge in [0, 0.05) is 12.2 Å². The molecule has 0 spiro atoms. The van der Waals surface area contributed by atoms with Crippen LogP contribution in [-0.4, -0.2) is 17.3 Å². The van der Waals surface area contributed by atoms with E-state index in [0.717, 1.165) is 18.5 Å². The summed E-state index contributed by atoms with van der Waals surface area (Å²) < 4.78 is 0. The average molecular weight is 221 g/mol. The van der Waals surface area contributed by atoms with E-state index >= 15 is 0 Å². The minimum Gasteiger partial charge on any atom is -0.388 e. The van der Waals surface area contributed by atoms with E-state index in [2.05, 4.69) is 37.4 Å². The van der Waals surface area contributed by atoms with Gasteiger partial charge in [-0.1, -0.05) is 19.9 Å². The summed E-state index contributed by atoms with van der Waals surface area (Å²) in [5.74, 6) is 0. The van der Waals surface area contributed by atoms with Crippen LogP contribution in [0.4, 0.5) is 5.69 Å². The fourth-order valence-electron chi connectivity index (χ4n) is 1.62. The molecule has 0 aliphatic heterocycles. The number of nitrogens with one attached hydrogen (secondary N) is 1. The Kier molecular flexibility index (Phi) is 4.36. The van der Waals surface area contributed by atoms with Crippen LogP contribution < -0.4 is 5.32 Å². The van der Waals surface area contributed by atoms with E-state index in [1.54, 1.807) is 0 Å². The maximum Gasteiger partial charge on any atom is 0.0814 e. The molecule has 0 aliphatic carbocycles. The molecular formula is C14H23NO. The third-order valence-electron chi connectivity index (χ3n) is 3.44. The lowest BCUT2D eigenvalue weighted by molar-refractivity contribution is 0.0457. The van der Waals surface area contributed by atoms with Gasteiger partial charge in [0.05, 0.1) is 5.60 Å². The summed E-state index contributed by atoms with van der Waals surface area (Å²) in [5.41, 5.74) is 3.08. The van der Waals surface area contributed by atoms with Gasteiger partial charge < -0.3 is 10.4 Å². The second kappa shape index (κ2) is 5.35.